The highest BCUT2D eigenvalue weighted by molar-refractivity contribution is 5.55. The van der Waals surface area contributed by atoms with Crippen LogP contribution in [0, 0.1) is 11.6 Å². The number of alkyl halides is 2. The summed E-state index contributed by atoms with van der Waals surface area (Å²) in [6.07, 6.45) is 0. The SMILES string of the molecule is COc1cc(NCc2c(F)cccc2F)ccc1OC(F)F. The number of ether oxygens (including phenoxy) is 2. The smallest absolute Gasteiger partial charge is 0.387 e. The van der Waals surface area contributed by atoms with Crippen LogP contribution in [0.5, 0.6) is 11.5 Å². The summed E-state index contributed by atoms with van der Waals surface area (Å²) in [6.45, 7) is -3.07. The highest BCUT2D eigenvalue weighted by Crippen LogP contribution is 2.31. The molecule has 0 saturated heterocycles. The average Bonchev–Trinajstić information content (AvgIpc) is 2.47. The van der Waals surface area contributed by atoms with Crippen molar-refractivity contribution in [3.63, 3.8) is 0 Å². The van der Waals surface area contributed by atoms with Crippen molar-refractivity contribution >= 4 is 5.69 Å². The Morgan fingerprint density at radius 2 is 1.73 bits per heavy atom. The van der Waals surface area contributed by atoms with Crippen molar-refractivity contribution in [2.24, 2.45) is 0 Å². The highest BCUT2D eigenvalue weighted by Gasteiger charge is 2.12. The molecule has 0 amide bonds. The molecule has 0 aromatic heterocycles. The fraction of sp³-hybridized carbons (Fsp3) is 0.200. The molecule has 0 unspecified atom stereocenters. The van der Waals surface area contributed by atoms with Crippen LogP contribution in [0.2, 0.25) is 0 Å². The lowest BCUT2D eigenvalue weighted by Gasteiger charge is -2.13. The first-order valence-corrected chi connectivity index (χ1v) is 6.31. The first kappa shape index (κ1) is 15.9. The van der Waals surface area contributed by atoms with Crippen LogP contribution in [0.25, 0.3) is 0 Å². The van der Waals surface area contributed by atoms with Crippen molar-refractivity contribution in [1.82, 2.24) is 0 Å². The van der Waals surface area contributed by atoms with E-state index in [0.29, 0.717) is 5.69 Å². The molecule has 2 aromatic rings. The zero-order chi connectivity index (χ0) is 16.1. The molecule has 1 N–H and O–H groups in total. The Kier molecular flexibility index (Phi) is 5.08. The van der Waals surface area contributed by atoms with Gasteiger partial charge in [-0.2, -0.15) is 8.78 Å². The lowest BCUT2D eigenvalue weighted by Crippen LogP contribution is -2.06. The van der Waals surface area contributed by atoms with E-state index in [1.165, 1.54) is 31.4 Å². The van der Waals surface area contributed by atoms with E-state index >= 15 is 0 Å². The Morgan fingerprint density at radius 1 is 1.05 bits per heavy atom. The van der Waals surface area contributed by atoms with E-state index in [-0.39, 0.29) is 23.6 Å². The maximum atomic E-state index is 13.5. The molecule has 3 nitrogen and oxygen atoms in total. The van der Waals surface area contributed by atoms with E-state index in [0.717, 1.165) is 12.1 Å². The molecule has 0 aliphatic carbocycles. The Balaban J connectivity index is 2.13. The summed E-state index contributed by atoms with van der Waals surface area (Å²) in [5.41, 5.74) is 0.329. The van der Waals surface area contributed by atoms with Crippen LogP contribution in [0.1, 0.15) is 5.56 Å². The first-order chi connectivity index (χ1) is 10.5. The predicted molar refractivity (Wildman–Crippen MR) is 73.3 cm³/mol. The van der Waals surface area contributed by atoms with Gasteiger partial charge in [0, 0.05) is 23.9 Å². The van der Waals surface area contributed by atoms with Gasteiger partial charge in [0.1, 0.15) is 11.6 Å². The lowest BCUT2D eigenvalue weighted by molar-refractivity contribution is -0.0512. The molecule has 7 heteroatoms. The molecule has 118 valence electrons. The van der Waals surface area contributed by atoms with Crippen LogP contribution in [0.3, 0.4) is 0 Å². The molecule has 0 radical (unpaired) electrons. The quantitative estimate of drug-likeness (QED) is 0.811. The normalized spacial score (nSPS) is 10.6. The van der Waals surface area contributed by atoms with E-state index in [2.05, 4.69) is 10.1 Å². The zero-order valence-corrected chi connectivity index (χ0v) is 11.6. The Labute approximate surface area is 124 Å². The van der Waals surface area contributed by atoms with Crippen molar-refractivity contribution in [3.05, 3.63) is 53.6 Å². The van der Waals surface area contributed by atoms with E-state index in [1.54, 1.807) is 0 Å². The first-order valence-electron chi connectivity index (χ1n) is 6.31. The topological polar surface area (TPSA) is 30.5 Å². The Bertz CT molecular complexity index is 629. The maximum Gasteiger partial charge on any atom is 0.387 e. The molecule has 0 heterocycles. The third-order valence-electron chi connectivity index (χ3n) is 2.91. The summed E-state index contributed by atoms with van der Waals surface area (Å²) in [5, 5.41) is 2.79. The fourth-order valence-corrected chi connectivity index (χ4v) is 1.86. The van der Waals surface area contributed by atoms with Crippen molar-refractivity contribution in [2.45, 2.75) is 13.2 Å². The second kappa shape index (κ2) is 7.02. The molecule has 2 rings (SSSR count). The third-order valence-corrected chi connectivity index (χ3v) is 2.91. The number of hydrogen-bond donors (Lipinski definition) is 1. The summed E-state index contributed by atoms with van der Waals surface area (Å²) in [5.74, 6) is -1.38. The fourth-order valence-electron chi connectivity index (χ4n) is 1.86. The molecule has 0 atom stereocenters. The molecule has 0 fully saturated rings. The van der Waals surface area contributed by atoms with Gasteiger partial charge in [-0.05, 0) is 24.3 Å². The number of anilines is 1. The molecule has 0 bridgehead atoms. The minimum absolute atomic E-state index is 0.0827. The summed E-state index contributed by atoms with van der Waals surface area (Å²) >= 11 is 0. The number of benzene rings is 2. The van der Waals surface area contributed by atoms with Crippen LogP contribution in [0.15, 0.2) is 36.4 Å². The minimum Gasteiger partial charge on any atom is -0.493 e. The number of methoxy groups -OCH3 is 1. The summed E-state index contributed by atoms with van der Waals surface area (Å²) in [6, 6.07) is 7.70. The van der Waals surface area contributed by atoms with Crippen LogP contribution in [-0.4, -0.2) is 13.7 Å². The monoisotopic (exact) mass is 315 g/mol. The molecule has 2 aromatic carbocycles. The van der Waals surface area contributed by atoms with Gasteiger partial charge in [0.15, 0.2) is 11.5 Å². The summed E-state index contributed by atoms with van der Waals surface area (Å²) < 4.78 is 60.7. The van der Waals surface area contributed by atoms with Crippen LogP contribution < -0.4 is 14.8 Å². The van der Waals surface area contributed by atoms with Gasteiger partial charge >= 0.3 is 6.61 Å². The molecular weight excluding hydrogens is 302 g/mol. The second-order valence-corrected chi connectivity index (χ2v) is 4.30. The van der Waals surface area contributed by atoms with E-state index in [1.807, 2.05) is 0 Å². The molecule has 0 aliphatic heterocycles. The van der Waals surface area contributed by atoms with E-state index < -0.39 is 18.2 Å². The van der Waals surface area contributed by atoms with Crippen LogP contribution in [-0.2, 0) is 6.54 Å². The second-order valence-electron chi connectivity index (χ2n) is 4.30. The van der Waals surface area contributed by atoms with Gasteiger partial charge in [-0.15, -0.1) is 0 Å². The largest absolute Gasteiger partial charge is 0.493 e. The van der Waals surface area contributed by atoms with Gasteiger partial charge in [0.25, 0.3) is 0 Å². The number of hydrogen-bond acceptors (Lipinski definition) is 3. The predicted octanol–water partition coefficient (Wildman–Crippen LogP) is 4.19. The maximum absolute atomic E-state index is 13.5. The van der Waals surface area contributed by atoms with Crippen molar-refractivity contribution in [3.8, 4) is 11.5 Å². The van der Waals surface area contributed by atoms with Crippen molar-refractivity contribution < 1.29 is 27.0 Å². The Morgan fingerprint density at radius 3 is 2.32 bits per heavy atom. The summed E-state index contributed by atoms with van der Waals surface area (Å²) in [4.78, 5) is 0. The molecular formula is C15H13F4NO2. The highest BCUT2D eigenvalue weighted by atomic mass is 19.3. The molecule has 0 aliphatic rings. The van der Waals surface area contributed by atoms with Crippen molar-refractivity contribution in [1.29, 1.82) is 0 Å². The third kappa shape index (κ3) is 3.81. The average molecular weight is 315 g/mol. The van der Waals surface area contributed by atoms with E-state index in [9.17, 15) is 17.6 Å². The van der Waals surface area contributed by atoms with E-state index in [4.69, 9.17) is 4.74 Å². The lowest BCUT2D eigenvalue weighted by atomic mass is 10.2. The number of halogens is 4. The Hall–Kier alpha value is -2.44. The molecule has 22 heavy (non-hydrogen) atoms. The van der Waals surface area contributed by atoms with Gasteiger partial charge in [-0.1, -0.05) is 6.07 Å². The van der Waals surface area contributed by atoms with Gasteiger partial charge in [-0.3, -0.25) is 0 Å². The zero-order valence-electron chi connectivity index (χ0n) is 11.6. The molecule has 0 spiro atoms. The van der Waals surface area contributed by atoms with Crippen LogP contribution in [0.4, 0.5) is 23.2 Å². The number of nitrogens with one attached hydrogen (secondary N) is 1. The van der Waals surface area contributed by atoms with Gasteiger partial charge in [-0.25, -0.2) is 8.78 Å². The minimum atomic E-state index is -2.97. The van der Waals surface area contributed by atoms with Gasteiger partial charge < -0.3 is 14.8 Å². The van der Waals surface area contributed by atoms with Gasteiger partial charge in [0.2, 0.25) is 0 Å². The van der Waals surface area contributed by atoms with Crippen molar-refractivity contribution in [2.75, 3.05) is 12.4 Å². The number of rotatable bonds is 6. The standard InChI is InChI=1S/C15H13F4NO2/c1-21-14-7-9(5-6-13(14)22-15(18)19)20-8-10-11(16)3-2-4-12(10)17/h2-7,15,20H,8H2,1H3. The molecule has 0 saturated carbocycles. The van der Waals surface area contributed by atoms with Gasteiger partial charge in [0.05, 0.1) is 7.11 Å². The van der Waals surface area contributed by atoms with Crippen LogP contribution >= 0.6 is 0 Å². The summed E-state index contributed by atoms with van der Waals surface area (Å²) in [7, 11) is 1.30.